The van der Waals surface area contributed by atoms with E-state index >= 15 is 0 Å². The molecule has 2 aliphatic heterocycles. The quantitative estimate of drug-likeness (QED) is 0.619. The van der Waals surface area contributed by atoms with Gasteiger partial charge in [0.2, 0.25) is 0 Å². The Morgan fingerprint density at radius 1 is 1.11 bits per heavy atom. The van der Waals surface area contributed by atoms with Gasteiger partial charge in [0.25, 0.3) is 5.91 Å². The minimum Gasteiger partial charge on any atom is -0.353 e. The number of halogens is 1. The molecular weight excluding hydrogens is 390 g/mol. The Hall–Kier alpha value is -2.34. The summed E-state index contributed by atoms with van der Waals surface area (Å²) in [4.78, 5) is 15.8. The van der Waals surface area contributed by atoms with E-state index in [0.717, 1.165) is 42.2 Å². The summed E-state index contributed by atoms with van der Waals surface area (Å²) in [6.07, 6.45) is 0.701. The van der Waals surface area contributed by atoms with Gasteiger partial charge in [0.05, 0.1) is 17.0 Å². The first-order valence-corrected chi connectivity index (χ1v) is 10.7. The summed E-state index contributed by atoms with van der Waals surface area (Å²) in [5.74, 6) is 0.0164. The molecule has 1 aromatic heterocycles. The van der Waals surface area contributed by atoms with Crippen LogP contribution in [0, 0.1) is 0 Å². The number of amides is 1. The molecule has 2 atom stereocenters. The van der Waals surface area contributed by atoms with Crippen molar-refractivity contribution in [3.63, 3.8) is 0 Å². The lowest BCUT2D eigenvalue weighted by atomic mass is 10.00. The molecule has 3 heterocycles. The maximum Gasteiger partial charge on any atom is 0.256 e. The van der Waals surface area contributed by atoms with Gasteiger partial charge in [-0.2, -0.15) is 0 Å². The Bertz CT molecular complexity index is 1030. The number of quaternary nitrogens is 1. The van der Waals surface area contributed by atoms with E-state index in [0.29, 0.717) is 5.02 Å². The maximum absolute atomic E-state index is 12.9. The van der Waals surface area contributed by atoms with Crippen LogP contribution in [-0.2, 0) is 19.5 Å². The number of fused-ring (bicyclic) bond motifs is 3. The molecule has 0 aliphatic carbocycles. The molecule has 3 N–H and O–H groups in total. The van der Waals surface area contributed by atoms with Crippen molar-refractivity contribution in [1.82, 2.24) is 5.32 Å². The summed E-state index contributed by atoms with van der Waals surface area (Å²) < 4.78 is 0. The van der Waals surface area contributed by atoms with Gasteiger partial charge >= 0.3 is 0 Å². The molecule has 5 rings (SSSR count). The van der Waals surface area contributed by atoms with Crippen LogP contribution in [0.25, 0.3) is 0 Å². The van der Waals surface area contributed by atoms with Crippen molar-refractivity contribution >= 4 is 33.8 Å². The predicted octanol–water partition coefficient (Wildman–Crippen LogP) is 3.40. The van der Waals surface area contributed by atoms with Gasteiger partial charge < -0.3 is 15.5 Å². The lowest BCUT2D eigenvalue weighted by molar-refractivity contribution is -0.929. The van der Waals surface area contributed by atoms with E-state index < -0.39 is 0 Å². The molecule has 3 aromatic rings. The maximum atomic E-state index is 12.9. The average molecular weight is 411 g/mol. The van der Waals surface area contributed by atoms with Gasteiger partial charge in [-0.3, -0.25) is 4.79 Å². The Kier molecular flexibility index (Phi) is 4.59. The zero-order chi connectivity index (χ0) is 19.1. The van der Waals surface area contributed by atoms with E-state index in [1.807, 2.05) is 24.3 Å². The monoisotopic (exact) mass is 410 g/mol. The Balaban J connectivity index is 1.39. The molecule has 1 unspecified atom stereocenters. The fourth-order valence-electron chi connectivity index (χ4n) is 4.14. The second kappa shape index (κ2) is 7.24. The van der Waals surface area contributed by atoms with E-state index in [1.54, 1.807) is 16.2 Å². The summed E-state index contributed by atoms with van der Waals surface area (Å²) in [6.45, 7) is 3.04. The predicted molar refractivity (Wildman–Crippen MR) is 113 cm³/mol. The molecule has 28 heavy (non-hydrogen) atoms. The molecule has 0 saturated heterocycles. The van der Waals surface area contributed by atoms with Crippen LogP contribution in [0.4, 0.5) is 5.00 Å². The third-order valence-electron chi connectivity index (χ3n) is 5.49. The molecule has 2 aromatic carbocycles. The van der Waals surface area contributed by atoms with E-state index in [9.17, 15) is 4.79 Å². The highest BCUT2D eigenvalue weighted by Gasteiger charge is 2.34. The van der Waals surface area contributed by atoms with E-state index in [1.165, 1.54) is 16.0 Å². The van der Waals surface area contributed by atoms with E-state index in [4.69, 9.17) is 11.6 Å². The Morgan fingerprint density at radius 3 is 2.79 bits per heavy atom. The van der Waals surface area contributed by atoms with Crippen molar-refractivity contribution in [1.29, 1.82) is 0 Å². The van der Waals surface area contributed by atoms with Gasteiger partial charge in [0.15, 0.2) is 0 Å². The SMILES string of the molecule is O=C1N[C@@H](c2cccc(Cl)c2)Nc2sc3c(c21)CC[NH+](Cc1ccccc1)C3. The Labute approximate surface area is 173 Å². The van der Waals surface area contributed by atoms with Crippen molar-refractivity contribution in [3.8, 4) is 0 Å². The van der Waals surface area contributed by atoms with Crippen LogP contribution in [0.5, 0.6) is 0 Å². The van der Waals surface area contributed by atoms with Gasteiger partial charge in [-0.05, 0) is 23.3 Å². The van der Waals surface area contributed by atoms with Gasteiger partial charge in [0, 0.05) is 17.0 Å². The van der Waals surface area contributed by atoms with Gasteiger partial charge in [0.1, 0.15) is 24.3 Å². The number of carbonyl (C=O) groups is 1. The molecule has 4 nitrogen and oxygen atoms in total. The number of hydrogen-bond donors (Lipinski definition) is 3. The number of anilines is 1. The second-order valence-electron chi connectivity index (χ2n) is 7.40. The standard InChI is InChI=1S/C22H20ClN3OS/c23-16-8-4-7-15(11-16)20-24-21(27)19-17-9-10-26(12-14-5-2-1-3-6-14)13-18(17)28-22(19)25-20/h1-8,11,20,25H,9-10,12-13H2,(H,24,27)/p+1/t20-/m1/s1. The molecule has 0 bridgehead atoms. The van der Waals surface area contributed by atoms with Crippen molar-refractivity contribution in [2.24, 2.45) is 0 Å². The van der Waals surface area contributed by atoms with Crippen molar-refractivity contribution in [2.75, 3.05) is 11.9 Å². The summed E-state index contributed by atoms with van der Waals surface area (Å²) in [7, 11) is 0. The zero-order valence-corrected chi connectivity index (χ0v) is 16.9. The zero-order valence-electron chi connectivity index (χ0n) is 15.3. The smallest absolute Gasteiger partial charge is 0.256 e. The second-order valence-corrected chi connectivity index (χ2v) is 8.94. The first-order chi connectivity index (χ1) is 13.7. The highest BCUT2D eigenvalue weighted by molar-refractivity contribution is 7.16. The number of carbonyl (C=O) groups excluding carboxylic acids is 1. The summed E-state index contributed by atoms with van der Waals surface area (Å²) >= 11 is 7.86. The fourth-order valence-corrected chi connectivity index (χ4v) is 5.68. The van der Waals surface area contributed by atoms with Crippen molar-refractivity contribution in [2.45, 2.75) is 25.7 Å². The van der Waals surface area contributed by atoms with Crippen LogP contribution in [0.2, 0.25) is 5.02 Å². The largest absolute Gasteiger partial charge is 0.353 e. The van der Waals surface area contributed by atoms with Crippen LogP contribution in [0.1, 0.15) is 38.1 Å². The van der Waals surface area contributed by atoms with Gasteiger partial charge in [-0.25, -0.2) is 0 Å². The number of nitrogens with one attached hydrogen (secondary N) is 3. The molecule has 142 valence electrons. The van der Waals surface area contributed by atoms with Crippen molar-refractivity contribution < 1.29 is 9.69 Å². The lowest BCUT2D eigenvalue weighted by Gasteiger charge is -2.27. The average Bonchev–Trinajstić information content (AvgIpc) is 3.07. The normalized spacial score (nSPS) is 20.7. The molecule has 6 heteroatoms. The molecule has 2 aliphatic rings. The first-order valence-electron chi connectivity index (χ1n) is 9.52. The highest BCUT2D eigenvalue weighted by Crippen LogP contribution is 2.39. The summed E-state index contributed by atoms with van der Waals surface area (Å²) in [5.41, 5.74) is 4.40. The van der Waals surface area contributed by atoms with Crippen LogP contribution in [-0.4, -0.2) is 12.5 Å². The van der Waals surface area contributed by atoms with Gasteiger partial charge in [-0.15, -0.1) is 11.3 Å². The molecule has 1 amide bonds. The molecule has 0 saturated carbocycles. The third-order valence-corrected chi connectivity index (χ3v) is 6.89. The summed E-state index contributed by atoms with van der Waals surface area (Å²) in [5, 5.41) is 8.26. The molecule has 0 spiro atoms. The topological polar surface area (TPSA) is 45.6 Å². The number of benzene rings is 2. The van der Waals surface area contributed by atoms with Gasteiger partial charge in [-0.1, -0.05) is 54.1 Å². The molecule has 0 radical (unpaired) electrons. The molecular formula is C22H21ClN3OS+. The number of rotatable bonds is 3. The Morgan fingerprint density at radius 2 is 1.96 bits per heavy atom. The minimum atomic E-state index is -0.244. The van der Waals surface area contributed by atoms with Crippen LogP contribution in [0.3, 0.4) is 0 Å². The number of thiophene rings is 1. The fraction of sp³-hybridized carbons (Fsp3) is 0.227. The minimum absolute atomic E-state index is 0.0164. The lowest BCUT2D eigenvalue weighted by Crippen LogP contribution is -3.10. The molecule has 0 fully saturated rings. The third kappa shape index (κ3) is 3.30. The van der Waals surface area contributed by atoms with Crippen LogP contribution in [0.15, 0.2) is 54.6 Å². The highest BCUT2D eigenvalue weighted by atomic mass is 35.5. The van der Waals surface area contributed by atoms with Crippen LogP contribution < -0.4 is 15.5 Å². The summed E-state index contributed by atoms with van der Waals surface area (Å²) in [6, 6.07) is 18.2. The van der Waals surface area contributed by atoms with Crippen molar-refractivity contribution in [3.05, 3.63) is 86.8 Å². The number of hydrogen-bond acceptors (Lipinski definition) is 3. The van der Waals surface area contributed by atoms with E-state index in [2.05, 4.69) is 41.0 Å². The van der Waals surface area contributed by atoms with E-state index in [-0.39, 0.29) is 12.1 Å². The first kappa shape index (κ1) is 17.7. The van der Waals surface area contributed by atoms with Crippen LogP contribution >= 0.6 is 22.9 Å².